The topological polar surface area (TPSA) is 83.5 Å². The minimum atomic E-state index is -0.891. The van der Waals surface area contributed by atoms with Gasteiger partial charge in [0, 0.05) is 6.42 Å². The maximum absolute atomic E-state index is 11.6. The molecular weight excluding hydrogens is 282 g/mol. The van der Waals surface area contributed by atoms with Crippen molar-refractivity contribution >= 4 is 17.5 Å². The van der Waals surface area contributed by atoms with E-state index < -0.39 is 12.0 Å². The van der Waals surface area contributed by atoms with Crippen molar-refractivity contribution in [2.45, 2.75) is 32.2 Å². The second-order valence-electron chi connectivity index (χ2n) is 5.11. The molecule has 5 heteroatoms. The van der Waals surface area contributed by atoms with Gasteiger partial charge in [-0.15, -0.1) is 0 Å². The number of allylic oxidation sites excluding steroid dienone is 2. The summed E-state index contributed by atoms with van der Waals surface area (Å²) in [5.74, 6) is -1.14. The third-order valence-corrected chi connectivity index (χ3v) is 3.24. The van der Waals surface area contributed by atoms with E-state index >= 15 is 0 Å². The summed E-state index contributed by atoms with van der Waals surface area (Å²) in [7, 11) is 1.61. The quantitative estimate of drug-likeness (QED) is 0.676. The molecule has 0 unspecified atom stereocenters. The van der Waals surface area contributed by atoms with E-state index in [0.717, 1.165) is 11.1 Å². The highest BCUT2D eigenvalue weighted by Gasteiger charge is 2.15. The lowest BCUT2D eigenvalue weighted by molar-refractivity contribution is -0.139. The summed E-state index contributed by atoms with van der Waals surface area (Å²) in [5, 5.41) is 11.8. The Morgan fingerprint density at radius 2 is 1.91 bits per heavy atom. The molecule has 0 aromatic heterocycles. The fraction of sp³-hybridized carbons (Fsp3) is 0.353. The number of carboxylic acid groups (broad SMARTS) is 1. The van der Waals surface area contributed by atoms with Gasteiger partial charge in [-0.3, -0.25) is 14.4 Å². The maximum atomic E-state index is 11.6. The first-order chi connectivity index (χ1) is 10.4. The van der Waals surface area contributed by atoms with Gasteiger partial charge < -0.3 is 10.4 Å². The van der Waals surface area contributed by atoms with Crippen LogP contribution in [0.25, 0.3) is 0 Å². The number of benzene rings is 1. The van der Waals surface area contributed by atoms with Gasteiger partial charge in [0.05, 0.1) is 0 Å². The van der Waals surface area contributed by atoms with Crippen LogP contribution in [-0.4, -0.2) is 35.7 Å². The highest BCUT2D eigenvalue weighted by atomic mass is 16.4. The Hall–Kier alpha value is -2.27. The number of aryl methyl sites for hydroxylation is 1. The van der Waals surface area contributed by atoms with Crippen LogP contribution in [0.5, 0.6) is 0 Å². The zero-order chi connectivity index (χ0) is 16.5. The number of carbonyl (C=O) groups is 3. The number of carboxylic acids is 1. The molecule has 1 atom stereocenters. The summed E-state index contributed by atoms with van der Waals surface area (Å²) in [6, 6.07) is 6.91. The summed E-state index contributed by atoms with van der Waals surface area (Å²) >= 11 is 0. The zero-order valence-electron chi connectivity index (χ0n) is 12.8. The SMILES string of the molecule is CN[C@@H](Cc1cccc(CCC(=O)/C=C/C(C)=O)c1)C(=O)O. The molecule has 1 aromatic rings. The molecule has 0 aliphatic heterocycles. The highest BCUT2D eigenvalue weighted by Crippen LogP contribution is 2.10. The normalized spacial score (nSPS) is 12.3. The molecule has 0 bridgehead atoms. The van der Waals surface area contributed by atoms with Crippen molar-refractivity contribution in [2.24, 2.45) is 0 Å². The van der Waals surface area contributed by atoms with E-state index in [2.05, 4.69) is 5.32 Å². The number of hydrogen-bond acceptors (Lipinski definition) is 4. The fourth-order valence-electron chi connectivity index (χ4n) is 2.02. The van der Waals surface area contributed by atoms with Gasteiger partial charge >= 0.3 is 5.97 Å². The van der Waals surface area contributed by atoms with Gasteiger partial charge in [0.25, 0.3) is 0 Å². The van der Waals surface area contributed by atoms with Crippen molar-refractivity contribution in [3.8, 4) is 0 Å². The number of nitrogens with one attached hydrogen (secondary N) is 1. The minimum Gasteiger partial charge on any atom is -0.480 e. The van der Waals surface area contributed by atoms with Crippen LogP contribution in [0.2, 0.25) is 0 Å². The fourth-order valence-corrected chi connectivity index (χ4v) is 2.02. The van der Waals surface area contributed by atoms with Crippen molar-refractivity contribution in [3.05, 3.63) is 47.5 Å². The molecule has 0 fully saturated rings. The van der Waals surface area contributed by atoms with Crippen LogP contribution in [-0.2, 0) is 27.2 Å². The molecule has 118 valence electrons. The van der Waals surface area contributed by atoms with Crippen LogP contribution in [0.15, 0.2) is 36.4 Å². The van der Waals surface area contributed by atoms with E-state index in [0.29, 0.717) is 19.3 Å². The molecule has 0 aliphatic carbocycles. The van der Waals surface area contributed by atoms with Crippen molar-refractivity contribution in [2.75, 3.05) is 7.05 Å². The van der Waals surface area contributed by atoms with Gasteiger partial charge in [0.1, 0.15) is 6.04 Å². The molecule has 1 aromatic carbocycles. The summed E-state index contributed by atoms with van der Waals surface area (Å²) in [6.07, 6.45) is 3.84. The van der Waals surface area contributed by atoms with Gasteiger partial charge in [-0.1, -0.05) is 24.3 Å². The van der Waals surface area contributed by atoms with Crippen LogP contribution in [0, 0.1) is 0 Å². The van der Waals surface area contributed by atoms with Crippen LogP contribution in [0.3, 0.4) is 0 Å². The Bertz CT molecular complexity index is 578. The van der Waals surface area contributed by atoms with E-state index in [1.165, 1.54) is 19.1 Å². The average Bonchev–Trinajstić information content (AvgIpc) is 2.48. The molecule has 0 amide bonds. The third kappa shape index (κ3) is 6.45. The van der Waals surface area contributed by atoms with Gasteiger partial charge in [-0.25, -0.2) is 0 Å². The lowest BCUT2D eigenvalue weighted by Crippen LogP contribution is -2.35. The Balaban J connectivity index is 2.62. The monoisotopic (exact) mass is 303 g/mol. The zero-order valence-corrected chi connectivity index (χ0v) is 12.8. The lowest BCUT2D eigenvalue weighted by Gasteiger charge is -2.11. The van der Waals surface area contributed by atoms with E-state index in [4.69, 9.17) is 5.11 Å². The first-order valence-electron chi connectivity index (χ1n) is 7.11. The highest BCUT2D eigenvalue weighted by molar-refractivity contribution is 5.97. The molecule has 2 N–H and O–H groups in total. The van der Waals surface area contributed by atoms with Crippen molar-refractivity contribution in [3.63, 3.8) is 0 Å². The van der Waals surface area contributed by atoms with Crippen molar-refractivity contribution in [1.29, 1.82) is 0 Å². The van der Waals surface area contributed by atoms with E-state index in [1.807, 2.05) is 24.3 Å². The van der Waals surface area contributed by atoms with E-state index in [9.17, 15) is 14.4 Å². The van der Waals surface area contributed by atoms with E-state index in [-0.39, 0.29) is 11.6 Å². The van der Waals surface area contributed by atoms with Crippen LogP contribution < -0.4 is 5.32 Å². The number of rotatable bonds is 9. The van der Waals surface area contributed by atoms with Gasteiger partial charge in [0.15, 0.2) is 11.6 Å². The molecular formula is C17H21NO4. The second kappa shape index (κ2) is 8.89. The Kier molecular flexibility index (Phi) is 7.19. The minimum absolute atomic E-state index is 0.0979. The summed E-state index contributed by atoms with van der Waals surface area (Å²) in [5.41, 5.74) is 1.88. The second-order valence-corrected chi connectivity index (χ2v) is 5.11. The summed E-state index contributed by atoms with van der Waals surface area (Å²) in [4.78, 5) is 33.4. The number of hydrogen-bond donors (Lipinski definition) is 2. The molecule has 0 saturated heterocycles. The number of carbonyl (C=O) groups excluding carboxylic acids is 2. The Labute approximate surface area is 130 Å². The molecule has 22 heavy (non-hydrogen) atoms. The molecule has 0 spiro atoms. The molecule has 0 heterocycles. The van der Waals surface area contributed by atoms with Gasteiger partial charge in [0.2, 0.25) is 0 Å². The smallest absolute Gasteiger partial charge is 0.321 e. The number of likely N-dealkylation sites (N-methyl/N-ethyl adjacent to an activating group) is 1. The maximum Gasteiger partial charge on any atom is 0.321 e. The predicted octanol–water partition coefficient (Wildman–Crippen LogP) is 1.55. The number of aliphatic carboxylic acids is 1. The molecule has 0 saturated carbocycles. The van der Waals surface area contributed by atoms with Crippen LogP contribution in [0.4, 0.5) is 0 Å². The van der Waals surface area contributed by atoms with Crippen LogP contribution >= 0.6 is 0 Å². The molecule has 5 nitrogen and oxygen atoms in total. The van der Waals surface area contributed by atoms with E-state index in [1.54, 1.807) is 7.05 Å². The molecule has 0 aliphatic rings. The van der Waals surface area contributed by atoms with Crippen molar-refractivity contribution < 1.29 is 19.5 Å². The first kappa shape index (κ1) is 17.8. The number of ketones is 2. The first-order valence-corrected chi connectivity index (χ1v) is 7.11. The van der Waals surface area contributed by atoms with Crippen molar-refractivity contribution in [1.82, 2.24) is 5.32 Å². The van der Waals surface area contributed by atoms with Gasteiger partial charge in [-0.2, -0.15) is 0 Å². The van der Waals surface area contributed by atoms with Crippen LogP contribution in [0.1, 0.15) is 24.5 Å². The largest absolute Gasteiger partial charge is 0.480 e. The lowest BCUT2D eigenvalue weighted by atomic mass is 10.0. The standard InChI is InChI=1S/C17H21NO4/c1-12(19)6-8-15(20)9-7-13-4-3-5-14(10-13)11-16(18-2)17(21)22/h3-6,8,10,16,18H,7,9,11H2,1-2H3,(H,21,22)/b8-6+/t16-/m0/s1. The summed E-state index contributed by atoms with van der Waals surface area (Å²) in [6.45, 7) is 1.40. The Morgan fingerprint density at radius 1 is 1.23 bits per heavy atom. The molecule has 0 radical (unpaired) electrons. The third-order valence-electron chi connectivity index (χ3n) is 3.24. The Morgan fingerprint density at radius 3 is 2.50 bits per heavy atom. The average molecular weight is 303 g/mol. The van der Waals surface area contributed by atoms with Gasteiger partial charge in [-0.05, 0) is 50.1 Å². The summed E-state index contributed by atoms with van der Waals surface area (Å²) < 4.78 is 0. The predicted molar refractivity (Wildman–Crippen MR) is 83.8 cm³/mol. The molecule has 1 rings (SSSR count).